The Kier molecular flexibility index (Phi) is 5.15. The maximum absolute atomic E-state index is 12.3. The number of benzene rings is 2. The third-order valence-electron chi connectivity index (χ3n) is 3.33. The molecule has 0 unspecified atom stereocenters. The molecule has 0 aliphatic rings. The smallest absolute Gasteiger partial charge is 0.257 e. The van der Waals surface area contributed by atoms with E-state index in [1.807, 2.05) is 30.3 Å². The number of hydrogen-bond donors (Lipinski definition) is 2. The number of amides is 2. The Morgan fingerprint density at radius 3 is 2.56 bits per heavy atom. The molecule has 3 aromatic rings. The molecule has 2 amide bonds. The van der Waals surface area contributed by atoms with Crippen molar-refractivity contribution in [1.82, 2.24) is 10.2 Å². The van der Waals surface area contributed by atoms with Crippen molar-refractivity contribution in [3.8, 4) is 0 Å². The molecule has 0 saturated heterocycles. The standard InChI is InChI=1S/C18H16N4O2S/c1-12(23)19-15-9-5-8-14(11-15)17(24)20-18-22-21-16(25-18)10-13-6-3-2-4-7-13/h2-9,11H,10H2,1H3,(H,19,23)(H,20,22,24). The largest absolute Gasteiger partial charge is 0.326 e. The van der Waals surface area contributed by atoms with Crippen molar-refractivity contribution in [3.05, 3.63) is 70.7 Å². The van der Waals surface area contributed by atoms with Gasteiger partial charge in [0.1, 0.15) is 5.01 Å². The zero-order chi connectivity index (χ0) is 17.6. The number of anilines is 2. The van der Waals surface area contributed by atoms with Gasteiger partial charge in [-0.2, -0.15) is 0 Å². The number of nitrogens with zero attached hydrogens (tertiary/aromatic N) is 2. The average Bonchev–Trinajstić information content (AvgIpc) is 3.02. The van der Waals surface area contributed by atoms with Crippen LogP contribution in [0.4, 0.5) is 10.8 Å². The van der Waals surface area contributed by atoms with Crippen LogP contribution < -0.4 is 10.6 Å². The summed E-state index contributed by atoms with van der Waals surface area (Å²) in [7, 11) is 0. The van der Waals surface area contributed by atoms with E-state index in [0.717, 1.165) is 10.6 Å². The van der Waals surface area contributed by atoms with E-state index >= 15 is 0 Å². The zero-order valence-electron chi connectivity index (χ0n) is 13.5. The molecule has 0 atom stereocenters. The van der Waals surface area contributed by atoms with E-state index in [4.69, 9.17) is 0 Å². The highest BCUT2D eigenvalue weighted by molar-refractivity contribution is 7.15. The summed E-state index contributed by atoms with van der Waals surface area (Å²) in [6.45, 7) is 1.42. The summed E-state index contributed by atoms with van der Waals surface area (Å²) in [5.74, 6) is -0.484. The van der Waals surface area contributed by atoms with Gasteiger partial charge in [0, 0.05) is 24.6 Å². The number of nitrogens with one attached hydrogen (secondary N) is 2. The van der Waals surface area contributed by atoms with Crippen LogP contribution in [0.1, 0.15) is 27.9 Å². The van der Waals surface area contributed by atoms with E-state index in [-0.39, 0.29) is 11.8 Å². The first kappa shape index (κ1) is 16.8. The van der Waals surface area contributed by atoms with Crippen molar-refractivity contribution in [2.75, 3.05) is 10.6 Å². The lowest BCUT2D eigenvalue weighted by atomic mass is 10.2. The van der Waals surface area contributed by atoms with Gasteiger partial charge in [-0.3, -0.25) is 14.9 Å². The maximum atomic E-state index is 12.3. The molecule has 7 heteroatoms. The van der Waals surface area contributed by atoms with Gasteiger partial charge in [0.2, 0.25) is 11.0 Å². The molecule has 0 aliphatic heterocycles. The van der Waals surface area contributed by atoms with Crippen LogP contribution in [0.5, 0.6) is 0 Å². The first-order valence-electron chi connectivity index (χ1n) is 7.65. The number of rotatable bonds is 5. The number of hydrogen-bond acceptors (Lipinski definition) is 5. The van der Waals surface area contributed by atoms with Gasteiger partial charge in [-0.25, -0.2) is 0 Å². The second-order valence-corrected chi connectivity index (χ2v) is 6.44. The summed E-state index contributed by atoms with van der Waals surface area (Å²) < 4.78 is 0. The average molecular weight is 352 g/mol. The Bertz CT molecular complexity index is 893. The lowest BCUT2D eigenvalue weighted by molar-refractivity contribution is -0.114. The number of carbonyl (C=O) groups is 2. The van der Waals surface area contributed by atoms with Crippen molar-refractivity contribution in [2.45, 2.75) is 13.3 Å². The minimum Gasteiger partial charge on any atom is -0.326 e. The molecule has 0 spiro atoms. The van der Waals surface area contributed by atoms with Crippen molar-refractivity contribution in [1.29, 1.82) is 0 Å². The molecule has 2 aromatic carbocycles. The fourth-order valence-electron chi connectivity index (χ4n) is 2.26. The molecule has 25 heavy (non-hydrogen) atoms. The summed E-state index contributed by atoms with van der Waals surface area (Å²) in [5.41, 5.74) is 2.15. The van der Waals surface area contributed by atoms with Crippen LogP contribution in [0.15, 0.2) is 54.6 Å². The van der Waals surface area contributed by atoms with E-state index in [2.05, 4.69) is 20.8 Å². The summed E-state index contributed by atoms with van der Waals surface area (Å²) >= 11 is 1.34. The van der Waals surface area contributed by atoms with Gasteiger partial charge in [0.25, 0.3) is 5.91 Å². The SMILES string of the molecule is CC(=O)Nc1cccc(C(=O)Nc2nnc(Cc3ccccc3)s2)c1. The van der Waals surface area contributed by atoms with E-state index in [1.54, 1.807) is 24.3 Å². The number of aromatic nitrogens is 2. The Labute approximate surface area is 148 Å². The molecule has 126 valence electrons. The van der Waals surface area contributed by atoms with Gasteiger partial charge in [-0.05, 0) is 23.8 Å². The summed E-state index contributed by atoms with van der Waals surface area (Å²) in [6.07, 6.45) is 0.673. The minimum atomic E-state index is -0.297. The van der Waals surface area contributed by atoms with E-state index in [9.17, 15) is 9.59 Å². The lowest BCUT2D eigenvalue weighted by Crippen LogP contribution is -2.13. The predicted octanol–water partition coefficient (Wildman–Crippen LogP) is 3.34. The van der Waals surface area contributed by atoms with Gasteiger partial charge in [0.15, 0.2) is 0 Å². The third-order valence-corrected chi connectivity index (χ3v) is 4.17. The second kappa shape index (κ2) is 7.67. The van der Waals surface area contributed by atoms with E-state index in [0.29, 0.717) is 22.8 Å². The van der Waals surface area contributed by atoms with Crippen molar-refractivity contribution in [3.63, 3.8) is 0 Å². The fourth-order valence-corrected chi connectivity index (χ4v) is 3.03. The third kappa shape index (κ3) is 4.71. The van der Waals surface area contributed by atoms with Gasteiger partial charge >= 0.3 is 0 Å². The van der Waals surface area contributed by atoms with E-state index in [1.165, 1.54) is 18.3 Å². The predicted molar refractivity (Wildman–Crippen MR) is 97.9 cm³/mol. The van der Waals surface area contributed by atoms with Crippen LogP contribution in [-0.4, -0.2) is 22.0 Å². The topological polar surface area (TPSA) is 84.0 Å². The summed E-state index contributed by atoms with van der Waals surface area (Å²) in [4.78, 5) is 23.4. The molecule has 0 saturated carbocycles. The van der Waals surface area contributed by atoms with E-state index < -0.39 is 0 Å². The van der Waals surface area contributed by atoms with Gasteiger partial charge in [-0.15, -0.1) is 10.2 Å². The van der Waals surface area contributed by atoms with Crippen molar-refractivity contribution < 1.29 is 9.59 Å². The van der Waals surface area contributed by atoms with Crippen LogP contribution >= 0.6 is 11.3 Å². The molecule has 3 rings (SSSR count). The van der Waals surface area contributed by atoms with Crippen LogP contribution in [0.3, 0.4) is 0 Å². The van der Waals surface area contributed by atoms with Gasteiger partial charge in [0.05, 0.1) is 0 Å². The van der Waals surface area contributed by atoms with Crippen LogP contribution in [0.25, 0.3) is 0 Å². The molecule has 6 nitrogen and oxygen atoms in total. The first-order chi connectivity index (χ1) is 12.1. The van der Waals surface area contributed by atoms with Crippen LogP contribution in [0.2, 0.25) is 0 Å². The molecule has 0 radical (unpaired) electrons. The lowest BCUT2D eigenvalue weighted by Gasteiger charge is -2.05. The van der Waals surface area contributed by atoms with Gasteiger partial charge < -0.3 is 5.32 Å². The second-order valence-electron chi connectivity index (χ2n) is 5.38. The molecule has 1 aromatic heterocycles. The number of carbonyl (C=O) groups excluding carboxylic acids is 2. The van der Waals surface area contributed by atoms with Crippen LogP contribution in [-0.2, 0) is 11.2 Å². The quantitative estimate of drug-likeness (QED) is 0.738. The zero-order valence-corrected chi connectivity index (χ0v) is 14.3. The Morgan fingerprint density at radius 2 is 1.80 bits per heavy atom. The maximum Gasteiger partial charge on any atom is 0.257 e. The fraction of sp³-hybridized carbons (Fsp3) is 0.111. The highest BCUT2D eigenvalue weighted by atomic mass is 32.1. The Balaban J connectivity index is 1.66. The van der Waals surface area contributed by atoms with Crippen molar-refractivity contribution >= 4 is 34.0 Å². The van der Waals surface area contributed by atoms with Gasteiger partial charge in [-0.1, -0.05) is 47.7 Å². The summed E-state index contributed by atoms with van der Waals surface area (Å²) in [6, 6.07) is 16.7. The minimum absolute atomic E-state index is 0.188. The molecular weight excluding hydrogens is 336 g/mol. The Hall–Kier alpha value is -3.06. The summed E-state index contributed by atoms with van der Waals surface area (Å²) in [5, 5.41) is 14.8. The highest BCUT2D eigenvalue weighted by Gasteiger charge is 2.11. The molecular formula is C18H16N4O2S. The van der Waals surface area contributed by atoms with Crippen LogP contribution in [0, 0.1) is 0 Å². The molecule has 1 heterocycles. The van der Waals surface area contributed by atoms with Crippen molar-refractivity contribution in [2.24, 2.45) is 0 Å². The first-order valence-corrected chi connectivity index (χ1v) is 8.47. The monoisotopic (exact) mass is 352 g/mol. The molecule has 0 fully saturated rings. The molecule has 0 aliphatic carbocycles. The molecule has 0 bridgehead atoms. The normalized spacial score (nSPS) is 10.3. The molecule has 2 N–H and O–H groups in total. The highest BCUT2D eigenvalue weighted by Crippen LogP contribution is 2.20. The Morgan fingerprint density at radius 1 is 1.00 bits per heavy atom.